The van der Waals surface area contributed by atoms with Crippen molar-refractivity contribution < 1.29 is 9.59 Å². The van der Waals surface area contributed by atoms with Crippen molar-refractivity contribution in [2.75, 3.05) is 0 Å². The van der Waals surface area contributed by atoms with Gasteiger partial charge in [0, 0.05) is 22.2 Å². The van der Waals surface area contributed by atoms with Gasteiger partial charge in [-0.3, -0.25) is 19.0 Å². The van der Waals surface area contributed by atoms with Crippen molar-refractivity contribution in [2.24, 2.45) is 0 Å². The SMILES string of the molecule is O=C(Cn1c2c(c(=O)c3ccccc31)C(=O)n1cccc1-2)c1ccc(Cl)cc1. The Hall–Kier alpha value is -3.44. The minimum Gasteiger partial charge on any atom is -0.330 e. The molecule has 1 aliphatic heterocycles. The van der Waals surface area contributed by atoms with E-state index in [2.05, 4.69) is 0 Å². The Morgan fingerprint density at radius 1 is 0.929 bits per heavy atom. The van der Waals surface area contributed by atoms with E-state index >= 15 is 0 Å². The molecule has 0 spiro atoms. The van der Waals surface area contributed by atoms with Gasteiger partial charge in [-0.2, -0.15) is 0 Å². The molecule has 5 nitrogen and oxygen atoms in total. The molecule has 0 aliphatic carbocycles. The van der Waals surface area contributed by atoms with Crippen LogP contribution in [0.2, 0.25) is 5.02 Å². The first-order chi connectivity index (χ1) is 13.6. The van der Waals surface area contributed by atoms with E-state index in [4.69, 9.17) is 11.6 Å². The number of benzene rings is 2. The molecule has 0 amide bonds. The highest BCUT2D eigenvalue weighted by atomic mass is 35.5. The van der Waals surface area contributed by atoms with Crippen molar-refractivity contribution in [1.82, 2.24) is 9.13 Å². The number of Topliss-reactive ketones (excluding diaryl/α,β-unsaturated/α-hetero) is 1. The van der Waals surface area contributed by atoms with Gasteiger partial charge in [-0.15, -0.1) is 0 Å². The predicted octanol–water partition coefficient (Wildman–Crippen LogP) is 4.01. The summed E-state index contributed by atoms with van der Waals surface area (Å²) >= 11 is 5.92. The maximum atomic E-state index is 13.0. The zero-order valence-electron chi connectivity index (χ0n) is 14.6. The Bertz CT molecular complexity index is 1350. The molecule has 0 saturated carbocycles. The van der Waals surface area contributed by atoms with E-state index < -0.39 is 0 Å². The summed E-state index contributed by atoms with van der Waals surface area (Å²) in [5.41, 5.74) is 2.04. The lowest BCUT2D eigenvalue weighted by atomic mass is 10.1. The first-order valence-corrected chi connectivity index (χ1v) is 9.11. The van der Waals surface area contributed by atoms with Gasteiger partial charge in [-0.25, -0.2) is 0 Å². The molecule has 0 fully saturated rings. The number of ketones is 1. The number of para-hydroxylation sites is 1. The molecule has 28 heavy (non-hydrogen) atoms. The molecule has 136 valence electrons. The Morgan fingerprint density at radius 2 is 1.68 bits per heavy atom. The summed E-state index contributed by atoms with van der Waals surface area (Å²) in [6, 6.07) is 17.2. The second-order valence-electron chi connectivity index (χ2n) is 6.65. The maximum Gasteiger partial charge on any atom is 0.268 e. The Balaban J connectivity index is 1.77. The smallest absolute Gasteiger partial charge is 0.268 e. The fourth-order valence-corrected chi connectivity index (χ4v) is 3.90. The Kier molecular flexibility index (Phi) is 3.60. The van der Waals surface area contributed by atoms with Gasteiger partial charge in [0.05, 0.1) is 23.4 Å². The first-order valence-electron chi connectivity index (χ1n) is 8.73. The van der Waals surface area contributed by atoms with Crippen LogP contribution in [-0.4, -0.2) is 20.8 Å². The van der Waals surface area contributed by atoms with E-state index in [-0.39, 0.29) is 29.2 Å². The number of pyridine rings is 1. The van der Waals surface area contributed by atoms with Crippen LogP contribution >= 0.6 is 11.6 Å². The highest BCUT2D eigenvalue weighted by Gasteiger charge is 2.33. The molecule has 4 aromatic rings. The zero-order valence-corrected chi connectivity index (χ0v) is 15.3. The van der Waals surface area contributed by atoms with Crippen LogP contribution in [0.4, 0.5) is 0 Å². The quantitative estimate of drug-likeness (QED) is 0.439. The van der Waals surface area contributed by atoms with E-state index in [1.54, 1.807) is 65.4 Å². The van der Waals surface area contributed by atoms with Crippen LogP contribution < -0.4 is 5.43 Å². The number of halogens is 1. The number of hydrogen-bond donors (Lipinski definition) is 0. The molecule has 5 rings (SSSR count). The number of rotatable bonds is 3. The zero-order chi connectivity index (χ0) is 19.4. The molecular formula is C22H13ClN2O3. The van der Waals surface area contributed by atoms with Crippen LogP contribution in [0.15, 0.2) is 71.7 Å². The van der Waals surface area contributed by atoms with E-state index in [0.29, 0.717) is 32.9 Å². The fourth-order valence-electron chi connectivity index (χ4n) is 3.77. The van der Waals surface area contributed by atoms with E-state index in [9.17, 15) is 14.4 Å². The number of hydrogen-bond acceptors (Lipinski definition) is 3. The summed E-state index contributed by atoms with van der Waals surface area (Å²) in [4.78, 5) is 38.8. The lowest BCUT2D eigenvalue weighted by Crippen LogP contribution is -2.22. The number of carbonyl (C=O) groups excluding carboxylic acids is 2. The van der Waals surface area contributed by atoms with E-state index in [0.717, 1.165) is 0 Å². The summed E-state index contributed by atoms with van der Waals surface area (Å²) in [6.45, 7) is 0.00319. The van der Waals surface area contributed by atoms with Gasteiger partial charge >= 0.3 is 0 Å². The van der Waals surface area contributed by atoms with Crippen molar-refractivity contribution in [3.8, 4) is 11.4 Å². The molecule has 2 aromatic heterocycles. The minimum absolute atomic E-state index is 0.00319. The van der Waals surface area contributed by atoms with Crippen LogP contribution in [0.1, 0.15) is 20.7 Å². The van der Waals surface area contributed by atoms with Crippen LogP contribution in [0.25, 0.3) is 22.3 Å². The summed E-state index contributed by atoms with van der Waals surface area (Å²) in [6.07, 6.45) is 1.63. The third-order valence-electron chi connectivity index (χ3n) is 5.07. The normalized spacial score (nSPS) is 12.2. The predicted molar refractivity (Wildman–Crippen MR) is 107 cm³/mol. The summed E-state index contributed by atoms with van der Waals surface area (Å²) in [5, 5.41) is 0.971. The minimum atomic E-state index is -0.363. The number of carbonyl (C=O) groups is 2. The molecule has 0 N–H and O–H groups in total. The largest absolute Gasteiger partial charge is 0.330 e. The molecule has 0 atom stereocenters. The number of fused-ring (bicyclic) bond motifs is 4. The van der Waals surface area contributed by atoms with Crippen LogP contribution in [0.5, 0.6) is 0 Å². The van der Waals surface area contributed by atoms with Crippen molar-refractivity contribution in [3.05, 3.63) is 93.2 Å². The molecule has 1 aliphatic rings. The van der Waals surface area contributed by atoms with Gasteiger partial charge in [-0.1, -0.05) is 23.7 Å². The second-order valence-corrected chi connectivity index (χ2v) is 7.09. The first kappa shape index (κ1) is 16.7. The van der Waals surface area contributed by atoms with Crippen LogP contribution in [-0.2, 0) is 6.54 Å². The van der Waals surface area contributed by atoms with Crippen molar-refractivity contribution in [2.45, 2.75) is 6.54 Å². The summed E-state index contributed by atoms with van der Waals surface area (Å²) in [5.74, 6) is -0.497. The average molecular weight is 389 g/mol. The topological polar surface area (TPSA) is 61.1 Å². The molecule has 0 bridgehead atoms. The van der Waals surface area contributed by atoms with E-state index in [1.807, 2.05) is 6.07 Å². The number of nitrogens with zero attached hydrogens (tertiary/aromatic N) is 2. The Labute approximate surface area is 164 Å². The van der Waals surface area contributed by atoms with Gasteiger partial charge in [0.25, 0.3) is 5.91 Å². The standard InChI is InChI=1S/C22H13ClN2O3/c23-14-9-7-13(8-10-14)18(26)12-25-16-5-2-1-4-15(16)21(27)19-20(25)17-6-3-11-24(17)22(19)28/h1-11H,12H2. The fraction of sp³-hybridized carbons (Fsp3) is 0.0455. The molecule has 3 heterocycles. The molecular weight excluding hydrogens is 376 g/mol. The van der Waals surface area contributed by atoms with Crippen molar-refractivity contribution in [3.63, 3.8) is 0 Å². The number of aromatic nitrogens is 2. The van der Waals surface area contributed by atoms with Crippen LogP contribution in [0.3, 0.4) is 0 Å². The molecule has 6 heteroatoms. The van der Waals surface area contributed by atoms with Gasteiger partial charge in [0.2, 0.25) is 5.43 Å². The maximum absolute atomic E-state index is 13.0. The summed E-state index contributed by atoms with van der Waals surface area (Å²) in [7, 11) is 0. The summed E-state index contributed by atoms with van der Waals surface area (Å²) < 4.78 is 3.22. The molecule has 0 saturated heterocycles. The second kappa shape index (κ2) is 6.04. The highest BCUT2D eigenvalue weighted by molar-refractivity contribution is 6.30. The highest BCUT2D eigenvalue weighted by Crippen LogP contribution is 2.33. The van der Waals surface area contributed by atoms with E-state index in [1.165, 1.54) is 4.57 Å². The molecule has 0 radical (unpaired) electrons. The van der Waals surface area contributed by atoms with Gasteiger partial charge in [0.15, 0.2) is 5.78 Å². The lowest BCUT2D eigenvalue weighted by molar-refractivity contribution is 0.0959. The molecule has 0 unspecified atom stereocenters. The van der Waals surface area contributed by atoms with Crippen molar-refractivity contribution >= 4 is 34.2 Å². The van der Waals surface area contributed by atoms with Gasteiger partial charge in [0.1, 0.15) is 5.56 Å². The molecule has 2 aromatic carbocycles. The van der Waals surface area contributed by atoms with Gasteiger partial charge < -0.3 is 4.57 Å². The third kappa shape index (κ3) is 2.30. The van der Waals surface area contributed by atoms with Gasteiger partial charge in [-0.05, 0) is 48.5 Å². The van der Waals surface area contributed by atoms with Crippen molar-refractivity contribution in [1.29, 1.82) is 0 Å². The van der Waals surface area contributed by atoms with Crippen LogP contribution in [0, 0.1) is 0 Å². The average Bonchev–Trinajstić information content (AvgIpc) is 3.28. The lowest BCUT2D eigenvalue weighted by Gasteiger charge is -2.15. The Morgan fingerprint density at radius 3 is 2.46 bits per heavy atom. The third-order valence-corrected chi connectivity index (χ3v) is 5.32. The monoisotopic (exact) mass is 388 g/mol.